The van der Waals surface area contributed by atoms with Crippen molar-refractivity contribution >= 4 is 105 Å². The molecule has 7 nitrogen and oxygen atoms in total. The monoisotopic (exact) mass is 633 g/mol. The number of rotatable bonds is 6. The van der Waals surface area contributed by atoms with Crippen molar-refractivity contribution in [1.29, 1.82) is 0 Å². The van der Waals surface area contributed by atoms with Gasteiger partial charge in [0.2, 0.25) is 5.91 Å². The van der Waals surface area contributed by atoms with Crippen LogP contribution in [-0.2, 0) is 4.79 Å². The number of amides is 3. The highest BCUT2D eigenvalue weighted by atomic mass is 35.5. The molecule has 13 heteroatoms. The summed E-state index contributed by atoms with van der Waals surface area (Å²) in [5, 5.41) is 17.3. The molecule has 0 heterocycles. The lowest BCUT2D eigenvalue weighted by molar-refractivity contribution is -0.117. The van der Waals surface area contributed by atoms with Crippen LogP contribution in [0.25, 0.3) is 0 Å². The van der Waals surface area contributed by atoms with Crippen LogP contribution in [0.1, 0.15) is 27.4 Å². The second-order valence-electron chi connectivity index (χ2n) is 8.53. The zero-order chi connectivity index (χ0) is 27.9. The van der Waals surface area contributed by atoms with Gasteiger partial charge in [0.05, 0.1) is 31.6 Å². The van der Waals surface area contributed by atoms with Crippen molar-refractivity contribution in [2.24, 2.45) is 5.92 Å². The van der Waals surface area contributed by atoms with Gasteiger partial charge in [-0.1, -0.05) is 46.4 Å². The number of nitrogens with one attached hydrogen (secondary N) is 3. The summed E-state index contributed by atoms with van der Waals surface area (Å²) in [6, 6.07) is 12.2. The number of hydrogen-bond donors (Lipinski definition) is 4. The summed E-state index contributed by atoms with van der Waals surface area (Å²) in [5.41, 5.74) is 2.38. The number of carboxylic acid groups (broad SMARTS) is 1. The Bertz CT molecular complexity index is 1460. The molecule has 0 radical (unpaired) electrons. The third-order valence-corrected chi connectivity index (χ3v) is 8.37. The highest BCUT2D eigenvalue weighted by Crippen LogP contribution is 2.65. The number of anilines is 3. The molecule has 0 aromatic heterocycles. The van der Waals surface area contributed by atoms with Crippen LogP contribution < -0.4 is 16.0 Å². The number of halogens is 6. The maximum Gasteiger partial charge on any atom is 0.409 e. The van der Waals surface area contributed by atoms with Crippen LogP contribution in [0.5, 0.6) is 0 Å². The zero-order valence-electron chi connectivity index (χ0n) is 19.2. The van der Waals surface area contributed by atoms with Gasteiger partial charge >= 0.3 is 6.09 Å². The molecule has 3 aromatic carbocycles. The van der Waals surface area contributed by atoms with E-state index in [0.29, 0.717) is 28.2 Å². The Morgan fingerprint density at radius 3 is 2.03 bits per heavy atom. The van der Waals surface area contributed by atoms with Crippen LogP contribution in [-0.4, -0.2) is 27.3 Å². The minimum atomic E-state index is -1.41. The van der Waals surface area contributed by atoms with E-state index >= 15 is 0 Å². The predicted octanol–water partition coefficient (Wildman–Crippen LogP) is 8.48. The topological polar surface area (TPSA) is 108 Å². The third-order valence-electron chi connectivity index (χ3n) is 5.91. The second-order valence-corrected chi connectivity index (χ2v) is 11.6. The first-order valence-electron chi connectivity index (χ1n) is 10.8. The smallest absolute Gasteiger partial charge is 0.409 e. The molecule has 4 rings (SSSR count). The lowest BCUT2D eigenvalue weighted by atomic mass is 10.1. The Balaban J connectivity index is 1.50. The average Bonchev–Trinajstić information content (AvgIpc) is 3.41. The molecule has 1 aliphatic carbocycles. The Hall–Kier alpha value is -2.39. The number of alkyl halides is 2. The standard InChI is InChI=1S/C25H17Cl6N3O4/c1-10-6-12(33-24(37)38)3-5-18(10)34-22(35)14-9-13(2-4-15(14)26)32-23(36)20-19(25(20,30)31)11-7-16(27)21(29)17(28)8-11/h2-9,19-20,33H,1H3,(H,32,36)(H,34,35)(H,37,38)/t19-,20+/m0/s1. The number of benzene rings is 3. The van der Waals surface area contributed by atoms with Crippen molar-refractivity contribution in [3.8, 4) is 0 Å². The van der Waals surface area contributed by atoms with Crippen molar-refractivity contribution in [3.63, 3.8) is 0 Å². The Morgan fingerprint density at radius 2 is 1.42 bits per heavy atom. The molecule has 0 bridgehead atoms. The van der Waals surface area contributed by atoms with Crippen LogP contribution in [0.3, 0.4) is 0 Å². The van der Waals surface area contributed by atoms with Crippen molar-refractivity contribution in [1.82, 2.24) is 0 Å². The molecule has 4 N–H and O–H groups in total. The molecule has 3 aromatic rings. The first-order chi connectivity index (χ1) is 17.8. The Kier molecular flexibility index (Phi) is 8.28. The summed E-state index contributed by atoms with van der Waals surface area (Å²) in [4.78, 5) is 36.9. The summed E-state index contributed by atoms with van der Waals surface area (Å²) >= 11 is 37.4. The van der Waals surface area contributed by atoms with E-state index in [1.165, 1.54) is 24.3 Å². The molecule has 2 atom stereocenters. The van der Waals surface area contributed by atoms with Crippen LogP contribution >= 0.6 is 69.6 Å². The van der Waals surface area contributed by atoms with Crippen molar-refractivity contribution in [2.75, 3.05) is 16.0 Å². The molecule has 1 aliphatic rings. The maximum absolute atomic E-state index is 13.1. The van der Waals surface area contributed by atoms with Crippen molar-refractivity contribution < 1.29 is 19.5 Å². The fourth-order valence-electron chi connectivity index (χ4n) is 4.01. The summed E-state index contributed by atoms with van der Waals surface area (Å²) in [7, 11) is 0. The summed E-state index contributed by atoms with van der Waals surface area (Å²) < 4.78 is -1.41. The SMILES string of the molecule is Cc1cc(NC(=O)O)ccc1NC(=O)c1cc(NC(=O)[C@H]2[C@H](c3cc(Cl)c(Cl)c(Cl)c3)C2(Cl)Cl)ccc1Cl. The fraction of sp³-hybridized carbons (Fsp3) is 0.160. The van der Waals surface area contributed by atoms with E-state index in [1.54, 1.807) is 31.2 Å². The molecule has 0 unspecified atom stereocenters. The molecule has 1 saturated carbocycles. The quantitative estimate of drug-likeness (QED) is 0.161. The summed E-state index contributed by atoms with van der Waals surface area (Å²) in [5.74, 6) is -2.43. The number of carbonyl (C=O) groups excluding carboxylic acids is 2. The molecular weight excluding hydrogens is 619 g/mol. The Labute approximate surface area is 247 Å². The van der Waals surface area contributed by atoms with E-state index in [4.69, 9.17) is 74.7 Å². The number of carbonyl (C=O) groups is 3. The van der Waals surface area contributed by atoms with Crippen molar-refractivity contribution in [3.05, 3.63) is 85.3 Å². The maximum atomic E-state index is 13.1. The van der Waals surface area contributed by atoms with Gasteiger partial charge in [-0.15, -0.1) is 23.2 Å². The van der Waals surface area contributed by atoms with Gasteiger partial charge in [-0.05, 0) is 66.6 Å². The van der Waals surface area contributed by atoms with Gasteiger partial charge in [0.15, 0.2) is 0 Å². The van der Waals surface area contributed by atoms with E-state index in [1.807, 2.05) is 0 Å². The largest absolute Gasteiger partial charge is 0.465 e. The minimum Gasteiger partial charge on any atom is -0.465 e. The van der Waals surface area contributed by atoms with Gasteiger partial charge in [0.1, 0.15) is 4.33 Å². The van der Waals surface area contributed by atoms with E-state index in [2.05, 4.69) is 16.0 Å². The highest BCUT2D eigenvalue weighted by molar-refractivity contribution is 6.54. The molecule has 38 heavy (non-hydrogen) atoms. The average molecular weight is 636 g/mol. The van der Waals surface area contributed by atoms with E-state index in [0.717, 1.165) is 0 Å². The molecule has 1 fully saturated rings. The van der Waals surface area contributed by atoms with Gasteiger partial charge in [-0.2, -0.15) is 0 Å². The summed E-state index contributed by atoms with van der Waals surface area (Å²) in [6.45, 7) is 1.71. The van der Waals surface area contributed by atoms with E-state index in [-0.39, 0.29) is 25.7 Å². The minimum absolute atomic E-state index is 0.100. The van der Waals surface area contributed by atoms with E-state index < -0.39 is 34.1 Å². The van der Waals surface area contributed by atoms with Gasteiger partial charge in [0, 0.05) is 23.0 Å². The third kappa shape index (κ3) is 5.93. The highest BCUT2D eigenvalue weighted by Gasteiger charge is 2.67. The summed E-state index contributed by atoms with van der Waals surface area (Å²) in [6.07, 6.45) is -1.20. The van der Waals surface area contributed by atoms with Gasteiger partial charge in [-0.25, -0.2) is 4.79 Å². The van der Waals surface area contributed by atoms with Gasteiger partial charge in [-0.3, -0.25) is 14.9 Å². The van der Waals surface area contributed by atoms with Gasteiger partial charge in [0.25, 0.3) is 5.91 Å². The first-order valence-corrected chi connectivity index (χ1v) is 13.1. The molecule has 0 saturated heterocycles. The molecule has 0 spiro atoms. The van der Waals surface area contributed by atoms with E-state index in [9.17, 15) is 14.4 Å². The molecule has 0 aliphatic heterocycles. The molecular formula is C25H17Cl6N3O4. The first kappa shape index (κ1) is 28.6. The Morgan fingerprint density at radius 1 is 0.816 bits per heavy atom. The predicted molar refractivity (Wildman–Crippen MR) is 153 cm³/mol. The van der Waals surface area contributed by atoms with Crippen LogP contribution in [0, 0.1) is 12.8 Å². The van der Waals surface area contributed by atoms with Crippen LogP contribution in [0.15, 0.2) is 48.5 Å². The fourth-order valence-corrected chi connectivity index (χ4v) is 5.66. The molecule has 3 amide bonds. The second kappa shape index (κ2) is 11.0. The normalized spacial score (nSPS) is 17.4. The van der Waals surface area contributed by atoms with Gasteiger partial charge < -0.3 is 15.7 Å². The lowest BCUT2D eigenvalue weighted by Crippen LogP contribution is -2.18. The van der Waals surface area contributed by atoms with Crippen LogP contribution in [0.2, 0.25) is 20.1 Å². The number of aryl methyl sites for hydroxylation is 1. The lowest BCUT2D eigenvalue weighted by Gasteiger charge is -2.12. The van der Waals surface area contributed by atoms with Crippen LogP contribution in [0.4, 0.5) is 21.9 Å². The van der Waals surface area contributed by atoms with Crippen molar-refractivity contribution in [2.45, 2.75) is 17.2 Å². The molecule has 198 valence electrons. The zero-order valence-corrected chi connectivity index (χ0v) is 23.7. The number of hydrogen-bond acceptors (Lipinski definition) is 3.